The SMILES string of the molecule is CC[C@H](C)Oc1cc(C(=O)N[C@H](C)c2cnc(C(F)(F)F)nc2)c(F)c(-c2ncc(C)s2)c1. The van der Waals surface area contributed by atoms with E-state index in [4.69, 9.17) is 4.74 Å². The van der Waals surface area contributed by atoms with Crippen molar-refractivity contribution in [3.8, 4) is 16.3 Å². The van der Waals surface area contributed by atoms with Gasteiger partial charge in [0.05, 0.1) is 23.3 Å². The maximum absolute atomic E-state index is 15.4. The number of rotatable bonds is 7. The van der Waals surface area contributed by atoms with Crippen LogP contribution in [-0.4, -0.2) is 27.0 Å². The third kappa shape index (κ3) is 5.84. The summed E-state index contributed by atoms with van der Waals surface area (Å²) in [5, 5.41) is 2.98. The molecule has 2 heterocycles. The van der Waals surface area contributed by atoms with Crippen molar-refractivity contribution in [2.45, 2.75) is 52.4 Å². The van der Waals surface area contributed by atoms with Gasteiger partial charge in [0.2, 0.25) is 5.82 Å². The average molecular weight is 483 g/mol. The first kappa shape index (κ1) is 24.6. The van der Waals surface area contributed by atoms with E-state index in [-0.39, 0.29) is 22.8 Å². The van der Waals surface area contributed by atoms with Gasteiger partial charge < -0.3 is 10.1 Å². The Hall–Kier alpha value is -3.08. The second kappa shape index (κ2) is 9.82. The lowest BCUT2D eigenvalue weighted by molar-refractivity contribution is -0.145. The summed E-state index contributed by atoms with van der Waals surface area (Å²) in [5.41, 5.74) is 0.0995. The van der Waals surface area contributed by atoms with Crippen molar-refractivity contribution < 1.29 is 27.1 Å². The monoisotopic (exact) mass is 482 g/mol. The summed E-state index contributed by atoms with van der Waals surface area (Å²) in [6.45, 7) is 7.15. The molecule has 0 aliphatic rings. The van der Waals surface area contributed by atoms with Gasteiger partial charge in [0, 0.05) is 29.0 Å². The van der Waals surface area contributed by atoms with Gasteiger partial charge in [-0.3, -0.25) is 4.79 Å². The summed E-state index contributed by atoms with van der Waals surface area (Å²) in [4.78, 5) is 24.6. The van der Waals surface area contributed by atoms with Crippen molar-refractivity contribution >= 4 is 17.2 Å². The van der Waals surface area contributed by atoms with Gasteiger partial charge in [0.15, 0.2) is 0 Å². The van der Waals surface area contributed by atoms with Crippen molar-refractivity contribution in [1.29, 1.82) is 0 Å². The Morgan fingerprint density at radius 3 is 2.36 bits per heavy atom. The minimum Gasteiger partial charge on any atom is -0.491 e. The van der Waals surface area contributed by atoms with Crippen LogP contribution in [0.4, 0.5) is 17.6 Å². The number of aryl methyl sites for hydroxylation is 1. The molecule has 33 heavy (non-hydrogen) atoms. The Balaban J connectivity index is 1.91. The van der Waals surface area contributed by atoms with Crippen LogP contribution < -0.4 is 10.1 Å². The third-order valence-electron chi connectivity index (χ3n) is 4.83. The van der Waals surface area contributed by atoms with Crippen molar-refractivity contribution in [2.75, 3.05) is 0 Å². The molecule has 0 radical (unpaired) electrons. The standard InChI is InChI=1S/C22H22F4N4O2S/c1-5-11(2)32-15-6-16(18(23)17(7-15)20-27-8-12(3)33-20)19(31)30-13(4)14-9-28-21(29-10-14)22(24,25)26/h6-11,13H,5H2,1-4H3,(H,30,31)/t11-,13+/m0/s1. The summed E-state index contributed by atoms with van der Waals surface area (Å²) in [7, 11) is 0. The molecule has 1 amide bonds. The van der Waals surface area contributed by atoms with E-state index in [1.807, 2.05) is 20.8 Å². The molecular formula is C22H22F4N4O2S. The number of halogens is 4. The van der Waals surface area contributed by atoms with Crippen LogP contribution in [0, 0.1) is 12.7 Å². The Bertz CT molecular complexity index is 1130. The highest BCUT2D eigenvalue weighted by atomic mass is 32.1. The van der Waals surface area contributed by atoms with Gasteiger partial charge >= 0.3 is 6.18 Å². The van der Waals surface area contributed by atoms with E-state index in [0.29, 0.717) is 17.2 Å². The average Bonchev–Trinajstić information content (AvgIpc) is 3.20. The Labute approximate surface area is 192 Å². The Kier molecular flexibility index (Phi) is 7.31. The first-order valence-electron chi connectivity index (χ1n) is 10.1. The van der Waals surface area contributed by atoms with Crippen LogP contribution >= 0.6 is 11.3 Å². The largest absolute Gasteiger partial charge is 0.491 e. The minimum absolute atomic E-state index is 0.129. The Morgan fingerprint density at radius 2 is 1.82 bits per heavy atom. The fourth-order valence-electron chi connectivity index (χ4n) is 2.85. The number of nitrogens with zero attached hydrogens (tertiary/aromatic N) is 3. The Morgan fingerprint density at radius 1 is 1.15 bits per heavy atom. The van der Waals surface area contributed by atoms with Gasteiger partial charge in [-0.15, -0.1) is 11.3 Å². The number of nitrogens with one attached hydrogen (secondary N) is 1. The lowest BCUT2D eigenvalue weighted by atomic mass is 10.1. The molecule has 2 aromatic heterocycles. The van der Waals surface area contributed by atoms with E-state index in [9.17, 15) is 18.0 Å². The van der Waals surface area contributed by atoms with Crippen molar-refractivity contribution in [2.24, 2.45) is 0 Å². The molecule has 0 bridgehead atoms. The first-order valence-corrected chi connectivity index (χ1v) is 10.9. The van der Waals surface area contributed by atoms with Gasteiger partial charge in [0.25, 0.3) is 5.91 Å². The fourth-order valence-corrected chi connectivity index (χ4v) is 3.62. The molecule has 0 saturated carbocycles. The van der Waals surface area contributed by atoms with Crippen LogP contribution in [0.25, 0.3) is 10.6 Å². The number of amides is 1. The molecule has 11 heteroatoms. The molecule has 1 N–H and O–H groups in total. The fraction of sp³-hybridized carbons (Fsp3) is 0.364. The normalized spacial score (nSPS) is 13.5. The van der Waals surface area contributed by atoms with Crippen molar-refractivity contribution in [1.82, 2.24) is 20.3 Å². The van der Waals surface area contributed by atoms with Crippen LogP contribution in [0.5, 0.6) is 5.75 Å². The number of carbonyl (C=O) groups is 1. The summed E-state index contributed by atoms with van der Waals surface area (Å²) in [6, 6.07) is 2.03. The second-order valence-corrected chi connectivity index (χ2v) is 8.71. The number of alkyl halides is 3. The maximum atomic E-state index is 15.4. The number of hydrogen-bond acceptors (Lipinski definition) is 6. The van der Waals surface area contributed by atoms with E-state index in [1.165, 1.54) is 30.4 Å². The van der Waals surface area contributed by atoms with Crippen LogP contribution in [0.2, 0.25) is 0 Å². The first-order chi connectivity index (χ1) is 15.5. The smallest absolute Gasteiger partial charge is 0.451 e. The zero-order valence-corrected chi connectivity index (χ0v) is 19.1. The van der Waals surface area contributed by atoms with Crippen LogP contribution in [0.1, 0.15) is 59.9 Å². The molecule has 0 spiro atoms. The van der Waals surface area contributed by atoms with Gasteiger partial charge in [-0.2, -0.15) is 13.2 Å². The van der Waals surface area contributed by atoms with E-state index in [0.717, 1.165) is 17.3 Å². The molecule has 0 aliphatic heterocycles. The summed E-state index contributed by atoms with van der Waals surface area (Å²) >= 11 is 1.28. The van der Waals surface area contributed by atoms with Crippen molar-refractivity contribution in [3.05, 3.63) is 58.4 Å². The predicted octanol–water partition coefficient (Wildman–Crippen LogP) is 5.73. The summed E-state index contributed by atoms with van der Waals surface area (Å²) in [5.74, 6) is -2.50. The quantitative estimate of drug-likeness (QED) is 0.435. The maximum Gasteiger partial charge on any atom is 0.451 e. The molecule has 0 fully saturated rings. The number of ether oxygens (including phenoxy) is 1. The van der Waals surface area contributed by atoms with E-state index < -0.39 is 29.8 Å². The second-order valence-electron chi connectivity index (χ2n) is 7.48. The summed E-state index contributed by atoms with van der Waals surface area (Å²) < 4.78 is 59.2. The van der Waals surface area contributed by atoms with E-state index >= 15 is 4.39 Å². The molecule has 3 rings (SSSR count). The van der Waals surface area contributed by atoms with Crippen LogP contribution in [0.3, 0.4) is 0 Å². The third-order valence-corrected chi connectivity index (χ3v) is 5.77. The summed E-state index contributed by atoms with van der Waals surface area (Å²) in [6.07, 6.45) is -0.578. The zero-order chi connectivity index (χ0) is 24.3. The molecule has 176 valence electrons. The molecule has 0 unspecified atom stereocenters. The lowest BCUT2D eigenvalue weighted by Gasteiger charge is -2.18. The molecule has 1 aromatic carbocycles. The van der Waals surface area contributed by atoms with Gasteiger partial charge in [-0.05, 0) is 39.3 Å². The lowest BCUT2D eigenvalue weighted by Crippen LogP contribution is -2.28. The zero-order valence-electron chi connectivity index (χ0n) is 18.3. The van der Waals surface area contributed by atoms with Crippen LogP contribution in [-0.2, 0) is 6.18 Å². The number of thiazole rings is 1. The molecule has 0 aliphatic carbocycles. The van der Waals surface area contributed by atoms with Crippen molar-refractivity contribution in [3.63, 3.8) is 0 Å². The molecule has 3 aromatic rings. The van der Waals surface area contributed by atoms with Crippen LogP contribution in [0.15, 0.2) is 30.7 Å². The number of hydrogen-bond donors (Lipinski definition) is 1. The predicted molar refractivity (Wildman–Crippen MR) is 116 cm³/mol. The number of carbonyl (C=O) groups excluding carboxylic acids is 1. The topological polar surface area (TPSA) is 77.0 Å². The minimum atomic E-state index is -4.67. The molecular weight excluding hydrogens is 460 g/mol. The van der Waals surface area contributed by atoms with Gasteiger partial charge in [-0.1, -0.05) is 6.92 Å². The number of benzene rings is 1. The molecule has 2 atom stereocenters. The highest BCUT2D eigenvalue weighted by molar-refractivity contribution is 7.14. The number of aromatic nitrogens is 3. The van der Waals surface area contributed by atoms with Gasteiger partial charge in [-0.25, -0.2) is 19.3 Å². The molecule has 0 saturated heterocycles. The van der Waals surface area contributed by atoms with E-state index in [1.54, 1.807) is 6.20 Å². The highest BCUT2D eigenvalue weighted by Gasteiger charge is 2.34. The molecule has 6 nitrogen and oxygen atoms in total. The van der Waals surface area contributed by atoms with E-state index in [2.05, 4.69) is 20.3 Å². The highest BCUT2D eigenvalue weighted by Crippen LogP contribution is 2.33. The van der Waals surface area contributed by atoms with Gasteiger partial charge in [0.1, 0.15) is 16.6 Å².